The minimum atomic E-state index is 0.703. The van der Waals surface area contributed by atoms with Gasteiger partial charge >= 0.3 is 0 Å². The maximum absolute atomic E-state index is 5.16. The van der Waals surface area contributed by atoms with Crippen LogP contribution in [0.3, 0.4) is 0 Å². The van der Waals surface area contributed by atoms with Crippen molar-refractivity contribution >= 4 is 22.7 Å². The number of aryl methyl sites for hydroxylation is 1. The largest absolute Gasteiger partial charge is 0.463 e. The van der Waals surface area contributed by atoms with Crippen LogP contribution in [0, 0.1) is 0 Å². The number of nitrogens with one attached hydrogen (secondary N) is 1. The molecule has 21 heavy (non-hydrogen) atoms. The predicted molar refractivity (Wildman–Crippen MR) is 86.9 cm³/mol. The Morgan fingerprint density at radius 1 is 1.29 bits per heavy atom. The smallest absolute Gasteiger partial charge is 0.203 e. The van der Waals surface area contributed by atoms with Crippen molar-refractivity contribution in [3.8, 4) is 11.3 Å². The highest BCUT2D eigenvalue weighted by atomic mass is 32.1. The molecule has 0 aliphatic rings. The lowest BCUT2D eigenvalue weighted by Gasteiger charge is -1.99. The molecule has 0 bridgehead atoms. The number of hydrogen-bond acceptors (Lipinski definition) is 5. The van der Waals surface area contributed by atoms with Crippen LogP contribution in [0.15, 0.2) is 57.6 Å². The van der Waals surface area contributed by atoms with E-state index in [0.29, 0.717) is 5.76 Å². The highest BCUT2D eigenvalue weighted by Crippen LogP contribution is 2.25. The molecule has 0 saturated heterocycles. The van der Waals surface area contributed by atoms with Crippen molar-refractivity contribution in [3.63, 3.8) is 0 Å². The van der Waals surface area contributed by atoms with Crippen molar-refractivity contribution in [2.45, 2.75) is 13.3 Å². The lowest BCUT2D eigenvalue weighted by atomic mass is 10.1. The van der Waals surface area contributed by atoms with Gasteiger partial charge in [0, 0.05) is 10.9 Å². The van der Waals surface area contributed by atoms with Crippen LogP contribution in [0.1, 0.15) is 18.2 Å². The van der Waals surface area contributed by atoms with Crippen molar-refractivity contribution in [2.24, 2.45) is 5.10 Å². The highest BCUT2D eigenvalue weighted by molar-refractivity contribution is 7.14. The van der Waals surface area contributed by atoms with Gasteiger partial charge in [-0.15, -0.1) is 11.3 Å². The third-order valence-corrected chi connectivity index (χ3v) is 3.80. The maximum atomic E-state index is 5.16. The Balaban J connectivity index is 1.68. The molecule has 0 aliphatic carbocycles. The van der Waals surface area contributed by atoms with Crippen LogP contribution in [0.5, 0.6) is 0 Å². The third-order valence-electron chi connectivity index (χ3n) is 3.06. The molecule has 0 fully saturated rings. The topological polar surface area (TPSA) is 50.4 Å². The van der Waals surface area contributed by atoms with E-state index >= 15 is 0 Å². The summed E-state index contributed by atoms with van der Waals surface area (Å²) in [6.45, 7) is 2.15. The molecular weight excluding hydrogens is 282 g/mol. The third kappa shape index (κ3) is 3.38. The summed E-state index contributed by atoms with van der Waals surface area (Å²) in [7, 11) is 0. The standard InChI is InChI=1S/C16H15N3OS/c1-2-12-5-7-13(8-6-12)15-11-21-16(18-15)19-17-10-14-4-3-9-20-14/h3-11H,2H2,1H3,(H,18,19)/b17-10+. The zero-order valence-corrected chi connectivity index (χ0v) is 12.4. The van der Waals surface area contributed by atoms with Crippen LogP contribution in [0.4, 0.5) is 5.13 Å². The van der Waals surface area contributed by atoms with Crippen LogP contribution in [0.2, 0.25) is 0 Å². The molecule has 2 aromatic heterocycles. The molecule has 4 nitrogen and oxygen atoms in total. The van der Waals surface area contributed by atoms with Gasteiger partial charge in [-0.05, 0) is 24.1 Å². The fourth-order valence-corrected chi connectivity index (χ4v) is 2.55. The zero-order valence-electron chi connectivity index (χ0n) is 11.6. The first-order valence-electron chi connectivity index (χ1n) is 6.72. The first kappa shape index (κ1) is 13.6. The minimum Gasteiger partial charge on any atom is -0.463 e. The van der Waals surface area contributed by atoms with E-state index in [2.05, 4.69) is 46.7 Å². The lowest BCUT2D eigenvalue weighted by molar-refractivity contribution is 0.560. The van der Waals surface area contributed by atoms with Gasteiger partial charge in [-0.25, -0.2) is 4.98 Å². The van der Waals surface area contributed by atoms with Crippen molar-refractivity contribution in [1.82, 2.24) is 4.98 Å². The minimum absolute atomic E-state index is 0.703. The Kier molecular flexibility index (Phi) is 4.12. The van der Waals surface area contributed by atoms with E-state index in [1.54, 1.807) is 12.5 Å². The van der Waals surface area contributed by atoms with Crippen LogP contribution in [0.25, 0.3) is 11.3 Å². The number of thiazole rings is 1. The Morgan fingerprint density at radius 3 is 2.86 bits per heavy atom. The Bertz CT molecular complexity index is 714. The average molecular weight is 297 g/mol. The van der Waals surface area contributed by atoms with Crippen LogP contribution < -0.4 is 5.43 Å². The summed E-state index contributed by atoms with van der Waals surface area (Å²) >= 11 is 1.52. The number of hydrogen-bond donors (Lipinski definition) is 1. The fourth-order valence-electron chi connectivity index (χ4n) is 1.88. The van der Waals surface area contributed by atoms with Gasteiger partial charge < -0.3 is 4.42 Å². The summed E-state index contributed by atoms with van der Waals surface area (Å²) in [6.07, 6.45) is 4.28. The van der Waals surface area contributed by atoms with Crippen LogP contribution >= 0.6 is 11.3 Å². The van der Waals surface area contributed by atoms with Crippen molar-refractivity contribution in [3.05, 3.63) is 59.4 Å². The summed E-state index contributed by atoms with van der Waals surface area (Å²) in [6, 6.07) is 12.1. The second-order valence-corrected chi connectivity index (χ2v) is 5.33. The molecule has 0 saturated carbocycles. The normalized spacial score (nSPS) is 11.1. The van der Waals surface area contributed by atoms with E-state index in [-0.39, 0.29) is 0 Å². The molecule has 1 aromatic carbocycles. The van der Waals surface area contributed by atoms with Crippen molar-refractivity contribution < 1.29 is 4.42 Å². The fraction of sp³-hybridized carbons (Fsp3) is 0.125. The summed E-state index contributed by atoms with van der Waals surface area (Å²) in [5.41, 5.74) is 6.32. The van der Waals surface area contributed by atoms with E-state index in [9.17, 15) is 0 Å². The average Bonchev–Trinajstić information content (AvgIpc) is 3.19. The highest BCUT2D eigenvalue weighted by Gasteiger charge is 2.03. The van der Waals surface area contributed by atoms with Gasteiger partial charge in [0.2, 0.25) is 5.13 Å². The molecule has 0 unspecified atom stereocenters. The van der Waals surface area contributed by atoms with Gasteiger partial charge in [-0.1, -0.05) is 31.2 Å². The summed E-state index contributed by atoms with van der Waals surface area (Å²) < 4.78 is 5.16. The molecule has 0 amide bonds. The molecule has 0 aliphatic heterocycles. The van der Waals surface area contributed by atoms with Gasteiger partial charge in [-0.2, -0.15) is 5.10 Å². The molecular formula is C16H15N3OS. The number of furan rings is 1. The van der Waals surface area contributed by atoms with E-state index < -0.39 is 0 Å². The number of hydrazone groups is 1. The van der Waals surface area contributed by atoms with Crippen LogP contribution in [-0.4, -0.2) is 11.2 Å². The summed E-state index contributed by atoms with van der Waals surface area (Å²) in [4.78, 5) is 4.52. The molecule has 3 aromatic rings. The van der Waals surface area contributed by atoms with Crippen LogP contribution in [-0.2, 0) is 6.42 Å². The molecule has 5 heteroatoms. The number of rotatable bonds is 5. The SMILES string of the molecule is CCc1ccc(-c2csc(N/N=C/c3ccco3)n2)cc1. The number of aromatic nitrogens is 1. The van der Waals surface area contributed by atoms with Crippen molar-refractivity contribution in [2.75, 3.05) is 5.43 Å². The first-order valence-corrected chi connectivity index (χ1v) is 7.60. The van der Waals surface area contributed by atoms with Gasteiger partial charge in [-0.3, -0.25) is 5.43 Å². The number of nitrogens with zero attached hydrogens (tertiary/aromatic N) is 2. The Labute approximate surface area is 127 Å². The summed E-state index contributed by atoms with van der Waals surface area (Å²) in [5.74, 6) is 0.703. The molecule has 2 heterocycles. The van der Waals surface area contributed by atoms with E-state index in [1.807, 2.05) is 17.5 Å². The van der Waals surface area contributed by atoms with Gasteiger partial charge in [0.25, 0.3) is 0 Å². The first-order chi connectivity index (χ1) is 10.3. The second kappa shape index (κ2) is 6.37. The molecule has 0 radical (unpaired) electrons. The summed E-state index contributed by atoms with van der Waals surface area (Å²) in [5, 5.41) is 6.87. The molecule has 1 N–H and O–H groups in total. The second-order valence-electron chi connectivity index (χ2n) is 4.47. The molecule has 3 rings (SSSR count). The van der Waals surface area contributed by atoms with E-state index in [1.165, 1.54) is 16.9 Å². The predicted octanol–water partition coefficient (Wildman–Crippen LogP) is 4.41. The number of anilines is 1. The quantitative estimate of drug-likeness (QED) is 0.560. The van der Waals surface area contributed by atoms with Gasteiger partial charge in [0.15, 0.2) is 0 Å². The van der Waals surface area contributed by atoms with E-state index in [0.717, 1.165) is 22.8 Å². The Hall–Kier alpha value is -2.40. The molecule has 0 spiro atoms. The molecule has 0 atom stereocenters. The van der Waals surface area contributed by atoms with Crippen molar-refractivity contribution in [1.29, 1.82) is 0 Å². The van der Waals surface area contributed by atoms with E-state index in [4.69, 9.17) is 4.42 Å². The maximum Gasteiger partial charge on any atom is 0.203 e. The lowest BCUT2D eigenvalue weighted by Crippen LogP contribution is -1.89. The molecule has 106 valence electrons. The zero-order chi connectivity index (χ0) is 14.5. The van der Waals surface area contributed by atoms with Gasteiger partial charge in [0.1, 0.15) is 5.76 Å². The monoisotopic (exact) mass is 297 g/mol. The van der Waals surface area contributed by atoms with Gasteiger partial charge in [0.05, 0.1) is 18.2 Å². The Morgan fingerprint density at radius 2 is 2.14 bits per heavy atom. The number of benzene rings is 1.